The summed E-state index contributed by atoms with van der Waals surface area (Å²) >= 11 is 5.51. The second-order valence-electron chi connectivity index (χ2n) is 3.79. The Kier molecular flexibility index (Phi) is 5.74. The predicted octanol–water partition coefficient (Wildman–Crippen LogP) is 1.67. The SMILES string of the molecule is COc1ccc(NC(C)=O)cc1NCC(O)CCl. The van der Waals surface area contributed by atoms with Gasteiger partial charge in [-0.15, -0.1) is 11.6 Å². The Morgan fingerprint density at radius 1 is 1.56 bits per heavy atom. The topological polar surface area (TPSA) is 70.6 Å². The first-order valence-electron chi connectivity index (χ1n) is 5.50. The van der Waals surface area contributed by atoms with Crippen molar-refractivity contribution in [3.8, 4) is 5.75 Å². The van der Waals surface area contributed by atoms with Gasteiger partial charge in [0.15, 0.2) is 0 Å². The molecule has 1 rings (SSSR count). The van der Waals surface area contributed by atoms with E-state index in [2.05, 4.69) is 10.6 Å². The number of aliphatic hydroxyl groups is 1. The minimum absolute atomic E-state index is 0.146. The molecule has 0 heterocycles. The monoisotopic (exact) mass is 272 g/mol. The molecule has 0 saturated carbocycles. The van der Waals surface area contributed by atoms with Gasteiger partial charge in [-0.1, -0.05) is 0 Å². The number of aliphatic hydroxyl groups excluding tert-OH is 1. The van der Waals surface area contributed by atoms with E-state index in [9.17, 15) is 9.90 Å². The van der Waals surface area contributed by atoms with Crippen LogP contribution in [-0.2, 0) is 4.79 Å². The van der Waals surface area contributed by atoms with Crippen LogP contribution in [0.2, 0.25) is 0 Å². The van der Waals surface area contributed by atoms with Crippen molar-refractivity contribution in [2.45, 2.75) is 13.0 Å². The first kappa shape index (κ1) is 14.6. The lowest BCUT2D eigenvalue weighted by molar-refractivity contribution is -0.114. The molecule has 0 bridgehead atoms. The van der Waals surface area contributed by atoms with E-state index in [1.807, 2.05) is 0 Å². The highest BCUT2D eigenvalue weighted by Gasteiger charge is 2.07. The van der Waals surface area contributed by atoms with Crippen LogP contribution in [0.25, 0.3) is 0 Å². The van der Waals surface area contributed by atoms with E-state index >= 15 is 0 Å². The van der Waals surface area contributed by atoms with Gasteiger partial charge in [-0.05, 0) is 18.2 Å². The average Bonchev–Trinajstić information content (AvgIpc) is 2.35. The summed E-state index contributed by atoms with van der Waals surface area (Å²) in [6.45, 7) is 1.75. The zero-order valence-electron chi connectivity index (χ0n) is 10.4. The number of carbonyl (C=O) groups is 1. The lowest BCUT2D eigenvalue weighted by atomic mass is 10.2. The van der Waals surface area contributed by atoms with Crippen LogP contribution in [0.4, 0.5) is 11.4 Å². The molecule has 0 aliphatic carbocycles. The maximum absolute atomic E-state index is 11.0. The van der Waals surface area contributed by atoms with Gasteiger partial charge in [0.2, 0.25) is 5.91 Å². The molecule has 0 radical (unpaired) electrons. The highest BCUT2D eigenvalue weighted by Crippen LogP contribution is 2.27. The van der Waals surface area contributed by atoms with Crippen molar-refractivity contribution in [2.24, 2.45) is 0 Å². The number of methoxy groups -OCH3 is 1. The standard InChI is InChI=1S/C12H17ClN2O3/c1-8(16)15-9-3-4-12(18-2)11(5-9)14-7-10(17)6-13/h3-5,10,14,17H,6-7H2,1-2H3,(H,15,16). The van der Waals surface area contributed by atoms with Gasteiger partial charge in [0.05, 0.1) is 24.8 Å². The van der Waals surface area contributed by atoms with Crippen molar-refractivity contribution in [3.05, 3.63) is 18.2 Å². The number of alkyl halides is 1. The molecule has 100 valence electrons. The molecule has 0 spiro atoms. The van der Waals surface area contributed by atoms with Gasteiger partial charge in [0.25, 0.3) is 0 Å². The first-order chi connectivity index (χ1) is 8.56. The number of ether oxygens (including phenoxy) is 1. The number of benzene rings is 1. The van der Waals surface area contributed by atoms with Gasteiger partial charge in [-0.25, -0.2) is 0 Å². The lowest BCUT2D eigenvalue weighted by Gasteiger charge is -2.14. The molecule has 0 saturated heterocycles. The summed E-state index contributed by atoms with van der Waals surface area (Å²) in [7, 11) is 1.55. The fourth-order valence-electron chi connectivity index (χ4n) is 1.41. The number of anilines is 2. The molecule has 0 aliphatic rings. The van der Waals surface area contributed by atoms with Crippen molar-refractivity contribution in [1.82, 2.24) is 0 Å². The number of rotatable bonds is 6. The van der Waals surface area contributed by atoms with Crippen LogP contribution >= 0.6 is 11.6 Å². The van der Waals surface area contributed by atoms with Gasteiger partial charge in [-0.2, -0.15) is 0 Å². The Balaban J connectivity index is 2.81. The Labute approximate surface area is 111 Å². The number of halogens is 1. The second-order valence-corrected chi connectivity index (χ2v) is 4.09. The summed E-state index contributed by atoms with van der Waals surface area (Å²) < 4.78 is 5.18. The Hall–Kier alpha value is -1.46. The summed E-state index contributed by atoms with van der Waals surface area (Å²) in [5, 5.41) is 15.1. The van der Waals surface area contributed by atoms with Gasteiger partial charge < -0.3 is 20.5 Å². The van der Waals surface area contributed by atoms with E-state index in [-0.39, 0.29) is 11.8 Å². The highest BCUT2D eigenvalue weighted by atomic mass is 35.5. The molecule has 1 aromatic rings. The van der Waals surface area contributed by atoms with Gasteiger partial charge >= 0.3 is 0 Å². The Bertz CT molecular complexity index is 412. The summed E-state index contributed by atoms with van der Waals surface area (Å²) in [6.07, 6.45) is -0.638. The van der Waals surface area contributed by atoms with Crippen LogP contribution in [0, 0.1) is 0 Å². The number of amides is 1. The molecule has 18 heavy (non-hydrogen) atoms. The zero-order valence-corrected chi connectivity index (χ0v) is 11.1. The third kappa shape index (κ3) is 4.43. The normalized spacial score (nSPS) is 11.8. The maximum Gasteiger partial charge on any atom is 0.221 e. The molecular weight excluding hydrogens is 256 g/mol. The first-order valence-corrected chi connectivity index (χ1v) is 6.03. The van der Waals surface area contributed by atoms with Crippen LogP contribution in [-0.4, -0.2) is 36.7 Å². The predicted molar refractivity (Wildman–Crippen MR) is 72.5 cm³/mol. The summed E-state index contributed by atoms with van der Waals surface area (Å²) in [6, 6.07) is 5.21. The van der Waals surface area contributed by atoms with Crippen LogP contribution in [0.3, 0.4) is 0 Å². The maximum atomic E-state index is 11.0. The van der Waals surface area contributed by atoms with E-state index in [1.165, 1.54) is 6.92 Å². The van der Waals surface area contributed by atoms with E-state index in [0.717, 1.165) is 0 Å². The largest absolute Gasteiger partial charge is 0.495 e. The Morgan fingerprint density at radius 2 is 2.28 bits per heavy atom. The van der Waals surface area contributed by atoms with E-state index in [0.29, 0.717) is 23.7 Å². The molecule has 0 aliphatic heterocycles. The smallest absolute Gasteiger partial charge is 0.221 e. The molecule has 1 amide bonds. The molecule has 0 aromatic heterocycles. The number of hydrogen-bond acceptors (Lipinski definition) is 4. The highest BCUT2D eigenvalue weighted by molar-refractivity contribution is 6.18. The molecular formula is C12H17ClN2O3. The quantitative estimate of drug-likeness (QED) is 0.689. The summed E-state index contributed by atoms with van der Waals surface area (Å²) in [5.74, 6) is 0.638. The van der Waals surface area contributed by atoms with E-state index in [4.69, 9.17) is 16.3 Å². The molecule has 0 fully saturated rings. The van der Waals surface area contributed by atoms with Crippen LogP contribution in [0.5, 0.6) is 5.75 Å². The zero-order chi connectivity index (χ0) is 13.5. The third-order valence-electron chi connectivity index (χ3n) is 2.23. The molecule has 1 unspecified atom stereocenters. The number of carbonyl (C=O) groups excluding carboxylic acids is 1. The van der Waals surface area contributed by atoms with Gasteiger partial charge in [0, 0.05) is 19.2 Å². The Morgan fingerprint density at radius 3 is 2.83 bits per heavy atom. The second kappa shape index (κ2) is 7.08. The molecule has 3 N–H and O–H groups in total. The van der Waals surface area contributed by atoms with E-state index < -0.39 is 6.10 Å². The molecule has 1 atom stereocenters. The number of nitrogens with one attached hydrogen (secondary N) is 2. The van der Waals surface area contributed by atoms with Crippen LogP contribution in [0.1, 0.15) is 6.92 Å². The van der Waals surface area contributed by atoms with E-state index in [1.54, 1.807) is 25.3 Å². The van der Waals surface area contributed by atoms with Crippen molar-refractivity contribution in [3.63, 3.8) is 0 Å². The third-order valence-corrected chi connectivity index (χ3v) is 2.58. The minimum Gasteiger partial charge on any atom is -0.495 e. The number of hydrogen-bond donors (Lipinski definition) is 3. The van der Waals surface area contributed by atoms with Crippen molar-refractivity contribution in [1.29, 1.82) is 0 Å². The van der Waals surface area contributed by atoms with Crippen molar-refractivity contribution >= 4 is 28.9 Å². The molecule has 6 heteroatoms. The fraction of sp³-hybridized carbons (Fsp3) is 0.417. The average molecular weight is 273 g/mol. The minimum atomic E-state index is -0.638. The van der Waals surface area contributed by atoms with Crippen LogP contribution < -0.4 is 15.4 Å². The van der Waals surface area contributed by atoms with Gasteiger partial charge in [0.1, 0.15) is 5.75 Å². The summed E-state index contributed by atoms with van der Waals surface area (Å²) in [4.78, 5) is 11.0. The van der Waals surface area contributed by atoms with Gasteiger partial charge in [-0.3, -0.25) is 4.79 Å². The summed E-state index contributed by atoms with van der Waals surface area (Å²) in [5.41, 5.74) is 1.35. The van der Waals surface area contributed by atoms with Crippen molar-refractivity contribution in [2.75, 3.05) is 30.2 Å². The molecule has 1 aromatic carbocycles. The van der Waals surface area contributed by atoms with Crippen LogP contribution in [0.15, 0.2) is 18.2 Å². The fourth-order valence-corrected chi connectivity index (χ4v) is 1.52. The lowest BCUT2D eigenvalue weighted by Crippen LogP contribution is -2.21. The molecule has 5 nitrogen and oxygen atoms in total. The van der Waals surface area contributed by atoms with Crippen molar-refractivity contribution < 1.29 is 14.6 Å².